The Kier molecular flexibility index (Phi) is 11.2. The Hall–Kier alpha value is -3.35. The summed E-state index contributed by atoms with van der Waals surface area (Å²) in [7, 11) is 0. The molecule has 1 aromatic carbocycles. The number of imide groups is 1. The van der Waals surface area contributed by atoms with Crippen LogP contribution in [0.1, 0.15) is 70.3 Å². The number of carbonyl (C=O) groups is 5. The third-order valence-electron chi connectivity index (χ3n) is 6.52. The summed E-state index contributed by atoms with van der Waals surface area (Å²) in [6, 6.07) is 6.80. The van der Waals surface area contributed by atoms with Crippen molar-refractivity contribution in [2.45, 2.75) is 72.1 Å². The van der Waals surface area contributed by atoms with Crippen molar-refractivity contribution >= 4 is 29.7 Å². The predicted octanol–water partition coefficient (Wildman–Crippen LogP) is 2.01. The van der Waals surface area contributed by atoms with Crippen LogP contribution in [0.2, 0.25) is 0 Å². The summed E-state index contributed by atoms with van der Waals surface area (Å²) >= 11 is 0. The lowest BCUT2D eigenvalue weighted by Crippen LogP contribution is -2.42. The van der Waals surface area contributed by atoms with Crippen molar-refractivity contribution in [1.29, 1.82) is 0 Å². The summed E-state index contributed by atoms with van der Waals surface area (Å²) in [6.45, 7) is 15.7. The molecule has 0 atom stereocenters. The van der Waals surface area contributed by atoms with Crippen LogP contribution in [0.25, 0.3) is 0 Å². The normalized spacial score (nSPS) is 18.3. The van der Waals surface area contributed by atoms with Crippen LogP contribution in [0, 0.1) is 0 Å². The van der Waals surface area contributed by atoms with Crippen molar-refractivity contribution in [3.63, 3.8) is 0 Å². The van der Waals surface area contributed by atoms with E-state index < -0.39 is 29.0 Å². The molecule has 0 N–H and O–H groups in total. The highest BCUT2D eigenvalue weighted by Crippen LogP contribution is 2.16. The zero-order valence-electron chi connectivity index (χ0n) is 25.6. The van der Waals surface area contributed by atoms with Crippen LogP contribution in [-0.2, 0) is 40.0 Å². The molecule has 1 aromatic rings. The third-order valence-corrected chi connectivity index (χ3v) is 6.52. The van der Waals surface area contributed by atoms with Crippen molar-refractivity contribution in [2.75, 3.05) is 52.4 Å². The number of amides is 2. The fraction of sp³-hybridized carbons (Fsp3) is 0.633. The second kappa shape index (κ2) is 14.2. The minimum absolute atomic E-state index is 0.0330. The van der Waals surface area contributed by atoms with E-state index in [2.05, 4.69) is 4.90 Å². The lowest BCUT2D eigenvalue weighted by molar-refractivity contribution is -0.172. The number of hydrogen-bond acceptors (Lipinski definition) is 11. The average Bonchev–Trinajstić information content (AvgIpc) is 3.21. The van der Waals surface area contributed by atoms with Gasteiger partial charge in [-0.3, -0.25) is 33.9 Å². The molecule has 0 aliphatic carbocycles. The maximum atomic E-state index is 12.6. The number of ether oxygens (including phenoxy) is 2. The maximum Gasteiger partial charge on any atom is 0.363 e. The van der Waals surface area contributed by atoms with Crippen LogP contribution in [-0.4, -0.2) is 113 Å². The maximum absolute atomic E-state index is 12.6. The van der Waals surface area contributed by atoms with E-state index in [0.717, 1.165) is 5.56 Å². The highest BCUT2D eigenvalue weighted by atomic mass is 16.7. The van der Waals surface area contributed by atoms with Crippen LogP contribution in [0.15, 0.2) is 24.3 Å². The van der Waals surface area contributed by atoms with Gasteiger partial charge in [0, 0.05) is 58.7 Å². The average molecular weight is 589 g/mol. The number of esters is 2. The SMILES string of the molecule is CC(C)(C)OC(=O)CN1CCN(CC(=O)OC(C)(C)C)CCN(Cc2ccc(C(=O)ON3C(=O)CCC3=O)cc2)CC1. The highest BCUT2D eigenvalue weighted by Gasteiger charge is 2.33. The molecule has 0 bridgehead atoms. The van der Waals surface area contributed by atoms with E-state index in [0.29, 0.717) is 50.9 Å². The molecule has 2 aliphatic rings. The van der Waals surface area contributed by atoms with E-state index in [1.807, 2.05) is 51.3 Å². The Morgan fingerprint density at radius 3 is 1.48 bits per heavy atom. The Morgan fingerprint density at radius 2 is 1.07 bits per heavy atom. The van der Waals surface area contributed by atoms with Crippen LogP contribution in [0.5, 0.6) is 0 Å². The molecule has 0 saturated carbocycles. The number of rotatable bonds is 8. The molecule has 2 amide bonds. The van der Waals surface area contributed by atoms with Crippen LogP contribution >= 0.6 is 0 Å². The Labute approximate surface area is 247 Å². The number of benzene rings is 1. The largest absolute Gasteiger partial charge is 0.459 e. The standard InChI is InChI=1S/C30H44N4O8/c1-29(2,3)40-26(37)20-32-15-13-31(14-16-33(18-17-32)21-27(38)41-30(4,5)6)19-22-7-9-23(10-8-22)28(39)42-34-24(35)11-12-25(34)36/h7-10H,11-21H2,1-6H3. The van der Waals surface area contributed by atoms with E-state index in [-0.39, 0.29) is 43.4 Å². The first-order valence-electron chi connectivity index (χ1n) is 14.4. The molecule has 42 heavy (non-hydrogen) atoms. The molecular weight excluding hydrogens is 544 g/mol. The molecular formula is C30H44N4O8. The summed E-state index contributed by atoms with van der Waals surface area (Å²) in [4.78, 5) is 72.5. The van der Waals surface area contributed by atoms with Crippen molar-refractivity contribution in [1.82, 2.24) is 19.8 Å². The van der Waals surface area contributed by atoms with Crippen molar-refractivity contribution in [2.24, 2.45) is 0 Å². The lowest BCUT2D eigenvalue weighted by Gasteiger charge is -2.27. The molecule has 232 valence electrons. The summed E-state index contributed by atoms with van der Waals surface area (Å²) in [6.07, 6.45) is 0.0661. The quantitative estimate of drug-likeness (QED) is 0.327. The number of hydroxylamine groups is 2. The van der Waals surface area contributed by atoms with Crippen molar-refractivity contribution in [3.05, 3.63) is 35.4 Å². The van der Waals surface area contributed by atoms with Gasteiger partial charge in [0.2, 0.25) is 0 Å². The molecule has 0 aromatic heterocycles. The Balaban J connectivity index is 1.66. The Morgan fingerprint density at radius 1 is 0.667 bits per heavy atom. The third kappa shape index (κ3) is 11.1. The van der Waals surface area contributed by atoms with E-state index in [9.17, 15) is 24.0 Å². The topological polar surface area (TPSA) is 126 Å². The number of carbonyl (C=O) groups excluding carboxylic acids is 5. The summed E-state index contributed by atoms with van der Waals surface area (Å²) in [5.41, 5.74) is 0.00652. The fourth-order valence-corrected chi connectivity index (χ4v) is 4.57. The molecule has 2 aliphatic heterocycles. The smallest absolute Gasteiger partial charge is 0.363 e. The zero-order valence-corrected chi connectivity index (χ0v) is 25.6. The van der Waals surface area contributed by atoms with Crippen LogP contribution < -0.4 is 0 Å². The van der Waals surface area contributed by atoms with Crippen molar-refractivity contribution < 1.29 is 38.3 Å². The molecule has 3 rings (SSSR count). The molecule has 2 heterocycles. The first kappa shape index (κ1) is 33.2. The van der Waals surface area contributed by atoms with E-state index in [4.69, 9.17) is 14.3 Å². The second-order valence-corrected chi connectivity index (χ2v) is 12.7. The molecule has 12 nitrogen and oxygen atoms in total. The van der Waals surface area contributed by atoms with Gasteiger partial charge in [0.25, 0.3) is 11.8 Å². The molecule has 2 saturated heterocycles. The van der Waals surface area contributed by atoms with Gasteiger partial charge in [-0.15, -0.1) is 5.06 Å². The number of hydrogen-bond donors (Lipinski definition) is 0. The lowest BCUT2D eigenvalue weighted by atomic mass is 10.1. The van der Waals surface area contributed by atoms with E-state index in [1.54, 1.807) is 24.3 Å². The summed E-state index contributed by atoms with van der Waals surface area (Å²) in [5, 5.41) is 0.533. The van der Waals surface area contributed by atoms with Gasteiger partial charge in [0.15, 0.2) is 0 Å². The molecule has 0 spiro atoms. The molecule has 2 fully saturated rings. The number of nitrogens with zero attached hydrogens (tertiary/aromatic N) is 4. The monoisotopic (exact) mass is 588 g/mol. The van der Waals surface area contributed by atoms with E-state index in [1.165, 1.54) is 0 Å². The predicted molar refractivity (Wildman–Crippen MR) is 153 cm³/mol. The van der Waals surface area contributed by atoms with Gasteiger partial charge >= 0.3 is 17.9 Å². The van der Waals surface area contributed by atoms with Gasteiger partial charge < -0.3 is 14.3 Å². The van der Waals surface area contributed by atoms with Gasteiger partial charge in [-0.25, -0.2) is 4.79 Å². The summed E-state index contributed by atoms with van der Waals surface area (Å²) < 4.78 is 11.1. The van der Waals surface area contributed by atoms with Gasteiger partial charge in [-0.05, 0) is 59.2 Å². The van der Waals surface area contributed by atoms with Gasteiger partial charge in [-0.2, -0.15) is 0 Å². The van der Waals surface area contributed by atoms with Crippen LogP contribution in [0.3, 0.4) is 0 Å². The minimum atomic E-state index is -0.775. The second-order valence-electron chi connectivity index (χ2n) is 12.7. The zero-order chi connectivity index (χ0) is 31.1. The minimum Gasteiger partial charge on any atom is -0.459 e. The van der Waals surface area contributed by atoms with Crippen molar-refractivity contribution in [3.8, 4) is 0 Å². The highest BCUT2D eigenvalue weighted by molar-refractivity contribution is 6.02. The van der Waals surface area contributed by atoms with Crippen LogP contribution in [0.4, 0.5) is 0 Å². The van der Waals surface area contributed by atoms with Gasteiger partial charge in [-0.1, -0.05) is 12.1 Å². The first-order valence-corrected chi connectivity index (χ1v) is 14.4. The van der Waals surface area contributed by atoms with E-state index >= 15 is 0 Å². The molecule has 0 radical (unpaired) electrons. The van der Waals surface area contributed by atoms with Gasteiger partial charge in [0.1, 0.15) is 11.2 Å². The molecule has 12 heteroatoms. The fourth-order valence-electron chi connectivity index (χ4n) is 4.57. The summed E-state index contributed by atoms with van der Waals surface area (Å²) in [5.74, 6) is -2.43. The van der Waals surface area contributed by atoms with Gasteiger partial charge in [0.05, 0.1) is 18.7 Å². The Bertz CT molecular complexity index is 1080. The first-order chi connectivity index (χ1) is 19.6. The molecule has 0 unspecified atom stereocenters.